The molecule has 1 atom stereocenters. The zero-order valence-electron chi connectivity index (χ0n) is 9.82. The van der Waals surface area contributed by atoms with Gasteiger partial charge in [-0.05, 0) is 20.3 Å². The monoisotopic (exact) mass is 226 g/mol. The Labute approximate surface area is 94.6 Å². The van der Waals surface area contributed by atoms with Crippen molar-refractivity contribution in [2.24, 2.45) is 7.05 Å². The molecule has 3 N–H and O–H groups in total. The molecule has 0 saturated heterocycles. The SMILES string of the molecule is Cc1cc(NC(=O)N[C@H](C)CCO)nn1C. The number of anilines is 1. The van der Waals surface area contributed by atoms with E-state index in [0.717, 1.165) is 5.69 Å². The number of hydrogen-bond donors (Lipinski definition) is 3. The number of carbonyl (C=O) groups excluding carboxylic acids is 1. The van der Waals surface area contributed by atoms with Gasteiger partial charge in [0.15, 0.2) is 5.82 Å². The molecule has 0 unspecified atom stereocenters. The van der Waals surface area contributed by atoms with E-state index in [1.165, 1.54) is 0 Å². The van der Waals surface area contributed by atoms with Gasteiger partial charge in [0.05, 0.1) is 0 Å². The minimum Gasteiger partial charge on any atom is -0.396 e. The number of aryl methyl sites for hydroxylation is 2. The van der Waals surface area contributed by atoms with Gasteiger partial charge in [-0.2, -0.15) is 5.10 Å². The van der Waals surface area contributed by atoms with Crippen LogP contribution in [0.2, 0.25) is 0 Å². The maximum absolute atomic E-state index is 11.5. The summed E-state index contributed by atoms with van der Waals surface area (Å²) in [5, 5.41) is 18.1. The van der Waals surface area contributed by atoms with E-state index >= 15 is 0 Å². The van der Waals surface area contributed by atoms with Crippen LogP contribution in [0.3, 0.4) is 0 Å². The van der Waals surface area contributed by atoms with Crippen LogP contribution in [-0.2, 0) is 7.05 Å². The van der Waals surface area contributed by atoms with Gasteiger partial charge in [0.25, 0.3) is 0 Å². The van der Waals surface area contributed by atoms with E-state index in [-0.39, 0.29) is 18.7 Å². The van der Waals surface area contributed by atoms with Crippen LogP contribution >= 0.6 is 0 Å². The number of nitrogens with one attached hydrogen (secondary N) is 2. The molecular weight excluding hydrogens is 208 g/mol. The number of rotatable bonds is 4. The second kappa shape index (κ2) is 5.50. The summed E-state index contributed by atoms with van der Waals surface area (Å²) in [5.74, 6) is 0.522. The van der Waals surface area contributed by atoms with Crippen LogP contribution in [0.4, 0.5) is 10.6 Å². The molecule has 0 bridgehead atoms. The molecule has 0 radical (unpaired) electrons. The predicted octanol–water partition coefficient (Wildman–Crippen LogP) is 0.621. The Morgan fingerprint density at radius 3 is 2.88 bits per heavy atom. The predicted molar refractivity (Wildman–Crippen MR) is 61.3 cm³/mol. The molecule has 16 heavy (non-hydrogen) atoms. The zero-order chi connectivity index (χ0) is 12.1. The van der Waals surface area contributed by atoms with Gasteiger partial charge in [-0.1, -0.05) is 0 Å². The van der Waals surface area contributed by atoms with E-state index in [4.69, 9.17) is 5.11 Å². The van der Waals surface area contributed by atoms with Crippen molar-refractivity contribution in [2.45, 2.75) is 26.3 Å². The Kier molecular flexibility index (Phi) is 4.30. The second-order valence-electron chi connectivity index (χ2n) is 3.81. The Morgan fingerprint density at radius 1 is 1.69 bits per heavy atom. The number of aromatic nitrogens is 2. The lowest BCUT2D eigenvalue weighted by molar-refractivity contribution is 0.241. The van der Waals surface area contributed by atoms with Gasteiger partial charge in [0.2, 0.25) is 0 Å². The first-order chi connectivity index (χ1) is 7.52. The molecule has 0 aromatic carbocycles. The highest BCUT2D eigenvalue weighted by atomic mass is 16.3. The molecule has 1 rings (SSSR count). The van der Waals surface area contributed by atoms with Crippen molar-refractivity contribution in [3.05, 3.63) is 11.8 Å². The first kappa shape index (κ1) is 12.5. The molecule has 90 valence electrons. The van der Waals surface area contributed by atoms with Crippen LogP contribution in [0.25, 0.3) is 0 Å². The fourth-order valence-electron chi connectivity index (χ4n) is 1.26. The largest absolute Gasteiger partial charge is 0.396 e. The summed E-state index contributed by atoms with van der Waals surface area (Å²) in [5.41, 5.74) is 0.971. The summed E-state index contributed by atoms with van der Waals surface area (Å²) < 4.78 is 1.69. The molecular formula is C10H18N4O2. The van der Waals surface area contributed by atoms with E-state index in [1.807, 2.05) is 20.9 Å². The van der Waals surface area contributed by atoms with E-state index in [9.17, 15) is 4.79 Å². The van der Waals surface area contributed by atoms with Crippen LogP contribution in [0.1, 0.15) is 19.0 Å². The molecule has 1 aromatic rings. The lowest BCUT2D eigenvalue weighted by Crippen LogP contribution is -2.36. The highest BCUT2D eigenvalue weighted by Crippen LogP contribution is 2.06. The smallest absolute Gasteiger partial charge is 0.320 e. The van der Waals surface area contributed by atoms with Gasteiger partial charge in [-0.3, -0.25) is 10.00 Å². The second-order valence-corrected chi connectivity index (χ2v) is 3.81. The minimum atomic E-state index is -0.306. The first-order valence-corrected chi connectivity index (χ1v) is 5.22. The minimum absolute atomic E-state index is 0.0597. The van der Waals surface area contributed by atoms with Gasteiger partial charge in [0.1, 0.15) is 0 Å². The highest BCUT2D eigenvalue weighted by Gasteiger charge is 2.08. The Morgan fingerprint density at radius 2 is 2.38 bits per heavy atom. The summed E-state index contributed by atoms with van der Waals surface area (Å²) >= 11 is 0. The average Bonchev–Trinajstić information content (AvgIpc) is 2.45. The molecule has 0 spiro atoms. The van der Waals surface area contributed by atoms with Crippen LogP contribution in [0.5, 0.6) is 0 Å². The standard InChI is InChI=1S/C10H18N4O2/c1-7(4-5-15)11-10(16)12-9-6-8(2)14(3)13-9/h6-7,15H,4-5H2,1-3H3,(H2,11,12,13,16)/t7-/m1/s1. The van der Waals surface area contributed by atoms with Gasteiger partial charge in [-0.15, -0.1) is 0 Å². The molecule has 0 aliphatic carbocycles. The summed E-state index contributed by atoms with van der Waals surface area (Å²) in [4.78, 5) is 11.5. The third-order valence-electron chi connectivity index (χ3n) is 2.29. The number of carbonyl (C=O) groups is 1. The maximum Gasteiger partial charge on any atom is 0.320 e. The average molecular weight is 226 g/mol. The van der Waals surface area contributed by atoms with E-state index in [2.05, 4.69) is 15.7 Å². The molecule has 1 aromatic heterocycles. The van der Waals surface area contributed by atoms with Crippen molar-refractivity contribution in [1.29, 1.82) is 0 Å². The third-order valence-corrected chi connectivity index (χ3v) is 2.29. The van der Waals surface area contributed by atoms with Crippen molar-refractivity contribution in [2.75, 3.05) is 11.9 Å². The first-order valence-electron chi connectivity index (χ1n) is 5.22. The molecule has 6 heteroatoms. The molecule has 0 saturated carbocycles. The third kappa shape index (κ3) is 3.54. The number of amides is 2. The molecule has 0 aliphatic rings. The normalized spacial score (nSPS) is 12.2. The number of nitrogens with zero attached hydrogens (tertiary/aromatic N) is 2. The number of hydrogen-bond acceptors (Lipinski definition) is 3. The summed E-state index contributed by atoms with van der Waals surface area (Å²) in [6, 6.07) is 1.42. The fraction of sp³-hybridized carbons (Fsp3) is 0.600. The Hall–Kier alpha value is -1.56. The number of aliphatic hydroxyl groups is 1. The quantitative estimate of drug-likeness (QED) is 0.704. The lowest BCUT2D eigenvalue weighted by Gasteiger charge is -2.11. The zero-order valence-corrected chi connectivity index (χ0v) is 9.82. The molecule has 0 aliphatic heterocycles. The number of urea groups is 1. The van der Waals surface area contributed by atoms with E-state index in [1.54, 1.807) is 10.7 Å². The van der Waals surface area contributed by atoms with Crippen LogP contribution in [0.15, 0.2) is 6.07 Å². The summed E-state index contributed by atoms with van der Waals surface area (Å²) in [7, 11) is 1.81. The van der Waals surface area contributed by atoms with Gasteiger partial charge in [-0.25, -0.2) is 4.79 Å². The highest BCUT2D eigenvalue weighted by molar-refractivity contribution is 5.88. The number of aliphatic hydroxyl groups excluding tert-OH is 1. The van der Waals surface area contributed by atoms with Crippen LogP contribution in [-0.4, -0.2) is 33.6 Å². The van der Waals surface area contributed by atoms with E-state index in [0.29, 0.717) is 12.2 Å². The molecule has 1 heterocycles. The fourth-order valence-corrected chi connectivity index (χ4v) is 1.26. The van der Waals surface area contributed by atoms with E-state index < -0.39 is 0 Å². The topological polar surface area (TPSA) is 79.2 Å². The van der Waals surface area contributed by atoms with Crippen LogP contribution < -0.4 is 10.6 Å². The van der Waals surface area contributed by atoms with Gasteiger partial charge >= 0.3 is 6.03 Å². The lowest BCUT2D eigenvalue weighted by atomic mass is 10.2. The summed E-state index contributed by atoms with van der Waals surface area (Å²) in [6.07, 6.45) is 0.536. The Balaban J connectivity index is 2.45. The van der Waals surface area contributed by atoms with Crippen LogP contribution in [0, 0.1) is 6.92 Å². The van der Waals surface area contributed by atoms with Crippen molar-refractivity contribution < 1.29 is 9.90 Å². The van der Waals surface area contributed by atoms with Crippen molar-refractivity contribution in [1.82, 2.24) is 15.1 Å². The molecule has 0 fully saturated rings. The van der Waals surface area contributed by atoms with Crippen molar-refractivity contribution >= 4 is 11.8 Å². The maximum atomic E-state index is 11.5. The van der Waals surface area contributed by atoms with Gasteiger partial charge in [0, 0.05) is 31.5 Å². The summed E-state index contributed by atoms with van der Waals surface area (Å²) in [6.45, 7) is 3.80. The van der Waals surface area contributed by atoms with Crippen molar-refractivity contribution in [3.63, 3.8) is 0 Å². The van der Waals surface area contributed by atoms with Gasteiger partial charge < -0.3 is 10.4 Å². The molecule has 2 amide bonds. The Bertz CT molecular complexity index is 342. The van der Waals surface area contributed by atoms with Crippen molar-refractivity contribution in [3.8, 4) is 0 Å². The molecule has 6 nitrogen and oxygen atoms in total.